The van der Waals surface area contributed by atoms with Crippen molar-refractivity contribution in [3.8, 4) is 11.5 Å². The largest absolute Gasteiger partial charge is 0.485 e. The molecule has 3 heterocycles. The van der Waals surface area contributed by atoms with Crippen LogP contribution in [0.2, 0.25) is 0 Å². The average Bonchev–Trinajstić information content (AvgIpc) is 2.80. The number of ether oxygens (including phenoxy) is 2. The van der Waals surface area contributed by atoms with E-state index in [9.17, 15) is 9.59 Å². The molecule has 0 spiro atoms. The van der Waals surface area contributed by atoms with Crippen molar-refractivity contribution in [1.82, 2.24) is 14.5 Å². The lowest BCUT2D eigenvalue weighted by Crippen LogP contribution is -2.54. The lowest BCUT2D eigenvalue weighted by molar-refractivity contribution is -0.141. The van der Waals surface area contributed by atoms with Gasteiger partial charge in [-0.3, -0.25) is 9.59 Å². The molecule has 3 aromatic rings. The molecule has 1 fully saturated rings. The van der Waals surface area contributed by atoms with Crippen LogP contribution in [0.15, 0.2) is 53.6 Å². The van der Waals surface area contributed by atoms with Crippen molar-refractivity contribution in [1.29, 1.82) is 0 Å². The zero-order valence-electron chi connectivity index (χ0n) is 16.7. The van der Waals surface area contributed by atoms with Crippen LogP contribution in [0.4, 0.5) is 5.69 Å². The van der Waals surface area contributed by atoms with Gasteiger partial charge in [0.2, 0.25) is 6.10 Å². The number of piperazine rings is 1. The fraction of sp³-hybridized carbons (Fsp3) is 0.318. The minimum atomic E-state index is -0.618. The van der Waals surface area contributed by atoms with E-state index in [1.807, 2.05) is 47.4 Å². The number of hydrogen-bond acceptors (Lipinski definition) is 6. The number of carbonyl (C=O) groups excluding carboxylic acids is 1. The van der Waals surface area contributed by atoms with Gasteiger partial charge in [-0.05, 0) is 30.3 Å². The van der Waals surface area contributed by atoms with Gasteiger partial charge in [-0.15, -0.1) is 0 Å². The van der Waals surface area contributed by atoms with Crippen molar-refractivity contribution in [2.75, 3.05) is 37.7 Å². The average molecular weight is 406 g/mol. The van der Waals surface area contributed by atoms with Gasteiger partial charge in [-0.1, -0.05) is 12.1 Å². The first-order chi connectivity index (χ1) is 14.6. The van der Waals surface area contributed by atoms with Crippen molar-refractivity contribution in [2.24, 2.45) is 7.05 Å². The third-order valence-electron chi connectivity index (χ3n) is 5.64. The number of amides is 1. The molecule has 1 saturated heterocycles. The molecule has 1 unspecified atom stereocenters. The highest BCUT2D eigenvalue weighted by molar-refractivity contribution is 5.83. The van der Waals surface area contributed by atoms with Gasteiger partial charge in [0.15, 0.2) is 11.5 Å². The number of fused-ring (bicyclic) bond motifs is 2. The van der Waals surface area contributed by atoms with Crippen molar-refractivity contribution in [3.05, 3.63) is 59.1 Å². The Balaban J connectivity index is 1.25. The first kappa shape index (κ1) is 18.5. The molecule has 0 aliphatic carbocycles. The van der Waals surface area contributed by atoms with E-state index in [1.54, 1.807) is 7.05 Å². The standard InChI is InChI=1S/C22H22N4O4/c1-24-14-23-17-12-15(6-7-16(17)21(24)27)25-8-10-26(11-9-25)22(28)20-13-29-18-4-2-3-5-19(18)30-20/h2-7,12,14,20H,8-11,13H2,1H3. The highest BCUT2D eigenvalue weighted by Gasteiger charge is 2.32. The Hall–Kier alpha value is -3.55. The number of hydrogen-bond donors (Lipinski definition) is 0. The van der Waals surface area contributed by atoms with Crippen LogP contribution in [0.3, 0.4) is 0 Å². The maximum Gasteiger partial charge on any atom is 0.267 e. The van der Waals surface area contributed by atoms with Gasteiger partial charge in [0.1, 0.15) is 6.61 Å². The Bertz CT molecular complexity index is 1170. The summed E-state index contributed by atoms with van der Waals surface area (Å²) in [6, 6.07) is 13.1. The molecule has 0 bridgehead atoms. The summed E-state index contributed by atoms with van der Waals surface area (Å²) in [5.41, 5.74) is 1.63. The van der Waals surface area contributed by atoms with Gasteiger partial charge in [0.25, 0.3) is 11.5 Å². The molecule has 5 rings (SSSR count). The molecular formula is C22H22N4O4. The van der Waals surface area contributed by atoms with Crippen LogP contribution in [-0.2, 0) is 11.8 Å². The number of para-hydroxylation sites is 2. The lowest BCUT2D eigenvalue weighted by atomic mass is 10.1. The quantitative estimate of drug-likeness (QED) is 0.641. The van der Waals surface area contributed by atoms with Crippen LogP contribution >= 0.6 is 0 Å². The molecule has 1 amide bonds. The summed E-state index contributed by atoms with van der Waals surface area (Å²) >= 11 is 0. The summed E-state index contributed by atoms with van der Waals surface area (Å²) in [5.74, 6) is 1.23. The number of anilines is 1. The molecule has 2 aliphatic heterocycles. The van der Waals surface area contributed by atoms with Crippen LogP contribution in [-0.4, -0.2) is 59.2 Å². The molecule has 1 atom stereocenters. The molecule has 1 aromatic heterocycles. The van der Waals surface area contributed by atoms with Gasteiger partial charge in [0.05, 0.1) is 17.2 Å². The van der Waals surface area contributed by atoms with Gasteiger partial charge in [-0.25, -0.2) is 4.98 Å². The van der Waals surface area contributed by atoms with E-state index in [0.717, 1.165) is 5.69 Å². The van der Waals surface area contributed by atoms with E-state index in [0.29, 0.717) is 48.6 Å². The molecule has 30 heavy (non-hydrogen) atoms. The maximum absolute atomic E-state index is 12.9. The zero-order chi connectivity index (χ0) is 20.7. The minimum absolute atomic E-state index is 0.0483. The summed E-state index contributed by atoms with van der Waals surface area (Å²) in [7, 11) is 1.69. The van der Waals surface area contributed by atoms with E-state index >= 15 is 0 Å². The Morgan fingerprint density at radius 3 is 2.63 bits per heavy atom. The number of nitrogens with zero attached hydrogens (tertiary/aromatic N) is 4. The topological polar surface area (TPSA) is 76.9 Å². The molecule has 0 N–H and O–H groups in total. The SMILES string of the molecule is Cn1cnc2cc(N3CCN(C(=O)C4COc5ccccc5O4)CC3)ccc2c1=O. The van der Waals surface area contributed by atoms with Crippen LogP contribution in [0.1, 0.15) is 0 Å². The highest BCUT2D eigenvalue weighted by atomic mass is 16.6. The van der Waals surface area contributed by atoms with Gasteiger partial charge < -0.3 is 23.8 Å². The third-order valence-corrected chi connectivity index (χ3v) is 5.64. The Morgan fingerprint density at radius 1 is 1.07 bits per heavy atom. The third kappa shape index (κ3) is 3.24. The fourth-order valence-corrected chi connectivity index (χ4v) is 3.93. The molecule has 0 saturated carbocycles. The second-order valence-corrected chi connectivity index (χ2v) is 7.54. The van der Waals surface area contributed by atoms with Gasteiger partial charge in [0, 0.05) is 38.9 Å². The van der Waals surface area contributed by atoms with E-state index in [4.69, 9.17) is 9.47 Å². The first-order valence-electron chi connectivity index (χ1n) is 9.98. The number of carbonyl (C=O) groups is 1. The predicted octanol–water partition coefficient (Wildman–Crippen LogP) is 1.42. The summed E-state index contributed by atoms with van der Waals surface area (Å²) in [6.07, 6.45) is 0.919. The molecular weight excluding hydrogens is 384 g/mol. The minimum Gasteiger partial charge on any atom is -0.485 e. The second-order valence-electron chi connectivity index (χ2n) is 7.54. The van der Waals surface area contributed by atoms with E-state index in [2.05, 4.69) is 9.88 Å². The fourth-order valence-electron chi connectivity index (χ4n) is 3.93. The summed E-state index contributed by atoms with van der Waals surface area (Å²) in [4.78, 5) is 33.5. The Morgan fingerprint density at radius 2 is 1.83 bits per heavy atom. The summed E-state index contributed by atoms with van der Waals surface area (Å²) < 4.78 is 13.0. The van der Waals surface area contributed by atoms with Crippen molar-refractivity contribution < 1.29 is 14.3 Å². The number of rotatable bonds is 2. The number of aromatic nitrogens is 2. The van der Waals surface area contributed by atoms with Crippen LogP contribution in [0.5, 0.6) is 11.5 Å². The maximum atomic E-state index is 12.9. The van der Waals surface area contributed by atoms with E-state index in [-0.39, 0.29) is 18.1 Å². The van der Waals surface area contributed by atoms with Crippen LogP contribution < -0.4 is 19.9 Å². The molecule has 0 radical (unpaired) electrons. The molecule has 154 valence electrons. The van der Waals surface area contributed by atoms with Gasteiger partial charge >= 0.3 is 0 Å². The molecule has 8 nitrogen and oxygen atoms in total. The number of aryl methyl sites for hydroxylation is 1. The van der Waals surface area contributed by atoms with E-state index in [1.165, 1.54) is 10.9 Å². The van der Waals surface area contributed by atoms with Crippen LogP contribution in [0.25, 0.3) is 10.9 Å². The molecule has 2 aromatic carbocycles. The van der Waals surface area contributed by atoms with E-state index < -0.39 is 6.10 Å². The predicted molar refractivity (Wildman–Crippen MR) is 112 cm³/mol. The normalized spacial score (nSPS) is 18.5. The summed E-state index contributed by atoms with van der Waals surface area (Å²) in [5, 5.41) is 0.604. The Labute approximate surface area is 173 Å². The highest BCUT2D eigenvalue weighted by Crippen LogP contribution is 2.31. The van der Waals surface area contributed by atoms with Crippen molar-refractivity contribution in [3.63, 3.8) is 0 Å². The second kappa shape index (κ2) is 7.37. The van der Waals surface area contributed by atoms with Crippen molar-refractivity contribution >= 4 is 22.5 Å². The van der Waals surface area contributed by atoms with Gasteiger partial charge in [-0.2, -0.15) is 0 Å². The smallest absolute Gasteiger partial charge is 0.267 e. The Kier molecular flexibility index (Phi) is 4.54. The summed E-state index contributed by atoms with van der Waals surface area (Å²) in [6.45, 7) is 2.82. The van der Waals surface area contributed by atoms with Crippen LogP contribution in [0, 0.1) is 0 Å². The first-order valence-corrected chi connectivity index (χ1v) is 9.98. The zero-order valence-corrected chi connectivity index (χ0v) is 16.7. The molecule has 2 aliphatic rings. The van der Waals surface area contributed by atoms with Crippen molar-refractivity contribution in [2.45, 2.75) is 6.10 Å². The lowest BCUT2D eigenvalue weighted by Gasteiger charge is -2.38. The number of benzene rings is 2. The molecule has 8 heteroatoms. The monoisotopic (exact) mass is 406 g/mol.